The van der Waals surface area contributed by atoms with Crippen LogP contribution >= 0.6 is 0 Å². The average molecular weight is 622 g/mol. The van der Waals surface area contributed by atoms with Crippen LogP contribution in [0.4, 0.5) is 17.1 Å². The van der Waals surface area contributed by atoms with E-state index in [4.69, 9.17) is 0 Å². The number of benzene rings is 8. The first-order chi connectivity index (χ1) is 24.3. The molecule has 0 heterocycles. The normalized spacial score (nSPS) is 11.7. The van der Waals surface area contributed by atoms with Crippen molar-refractivity contribution in [3.8, 4) is 77.9 Å². The minimum Gasteiger partial charge on any atom is -0.310 e. The summed E-state index contributed by atoms with van der Waals surface area (Å²) in [6.45, 7) is 0. The van der Waals surface area contributed by atoms with E-state index in [2.05, 4.69) is 193 Å². The second-order valence-electron chi connectivity index (χ2n) is 12.9. The summed E-state index contributed by atoms with van der Waals surface area (Å²) < 4.78 is 0. The van der Waals surface area contributed by atoms with E-state index in [1.54, 1.807) is 0 Å². The van der Waals surface area contributed by atoms with Crippen LogP contribution < -0.4 is 4.90 Å². The van der Waals surface area contributed by atoms with Gasteiger partial charge >= 0.3 is 0 Å². The van der Waals surface area contributed by atoms with Gasteiger partial charge in [0.15, 0.2) is 0 Å². The van der Waals surface area contributed by atoms with E-state index < -0.39 is 0 Å². The Kier molecular flexibility index (Phi) is 6.25. The number of fused-ring (bicyclic) bond motifs is 4. The maximum atomic E-state index is 2.44. The quantitative estimate of drug-likeness (QED) is 0.185. The standard InChI is InChI=1S/C48H31N/c1-3-14-32(15-4-1)34-18-11-19-35(30-34)49(46-27-10-9-20-37(46)33-16-5-2-6-17-33)36-28-29-39-42-24-13-25-43-44-26-12-23-41(48(44)45(39)31-36)38-21-7-8-22-40(38)47(42)43/h1-31H. The zero-order valence-corrected chi connectivity index (χ0v) is 26.8. The highest BCUT2D eigenvalue weighted by atomic mass is 15.1. The summed E-state index contributed by atoms with van der Waals surface area (Å²) in [6.07, 6.45) is 0. The first kappa shape index (κ1) is 27.7. The summed E-state index contributed by atoms with van der Waals surface area (Å²) in [5, 5.41) is 0. The predicted octanol–water partition coefficient (Wildman–Crippen LogP) is 13.5. The molecule has 0 aromatic heterocycles. The summed E-state index contributed by atoms with van der Waals surface area (Å²) in [4.78, 5) is 2.44. The van der Waals surface area contributed by atoms with Gasteiger partial charge in [0, 0.05) is 16.9 Å². The van der Waals surface area contributed by atoms with Crippen molar-refractivity contribution in [2.45, 2.75) is 0 Å². The molecule has 8 aromatic carbocycles. The van der Waals surface area contributed by atoms with Crippen LogP contribution in [0.2, 0.25) is 0 Å². The number of anilines is 3. The molecule has 1 nitrogen and oxygen atoms in total. The van der Waals surface area contributed by atoms with Crippen LogP contribution in [0, 0.1) is 0 Å². The van der Waals surface area contributed by atoms with Crippen LogP contribution in [-0.4, -0.2) is 0 Å². The topological polar surface area (TPSA) is 3.24 Å². The molecule has 6 bridgehead atoms. The SMILES string of the molecule is c1ccc(-c2cccc(N(c3ccc4c(c3)-c3c5cccc3-c3cccc-4c3-c3ccccc3-5)c3ccccc3-c3ccccc3)c2)cc1. The van der Waals surface area contributed by atoms with Gasteiger partial charge in [0.25, 0.3) is 0 Å². The third kappa shape index (κ3) is 4.33. The highest BCUT2D eigenvalue weighted by Gasteiger charge is 2.31. The Morgan fingerprint density at radius 2 is 0.714 bits per heavy atom. The minimum absolute atomic E-state index is 1.12. The smallest absolute Gasteiger partial charge is 0.0540 e. The van der Waals surface area contributed by atoms with Crippen LogP contribution in [0.5, 0.6) is 0 Å². The highest BCUT2D eigenvalue weighted by molar-refractivity contribution is 6.15. The summed E-state index contributed by atoms with van der Waals surface area (Å²) in [6, 6.07) is 68.8. The Bertz CT molecular complexity index is 2520. The van der Waals surface area contributed by atoms with Gasteiger partial charge in [-0.3, -0.25) is 0 Å². The summed E-state index contributed by atoms with van der Waals surface area (Å²) in [5.74, 6) is 0. The molecule has 0 saturated heterocycles. The molecular formula is C48H31N. The van der Waals surface area contributed by atoms with Crippen molar-refractivity contribution in [2.75, 3.05) is 4.90 Å². The highest BCUT2D eigenvalue weighted by Crippen LogP contribution is 2.58. The predicted molar refractivity (Wildman–Crippen MR) is 206 cm³/mol. The van der Waals surface area contributed by atoms with E-state index in [0.717, 1.165) is 17.1 Å². The molecule has 0 aliphatic heterocycles. The second kappa shape index (κ2) is 11.1. The second-order valence-corrected chi connectivity index (χ2v) is 12.9. The molecule has 0 amide bonds. The zero-order chi connectivity index (χ0) is 32.3. The fourth-order valence-corrected chi connectivity index (χ4v) is 8.04. The van der Waals surface area contributed by atoms with E-state index in [0.29, 0.717) is 0 Å². The first-order valence-corrected chi connectivity index (χ1v) is 16.9. The summed E-state index contributed by atoms with van der Waals surface area (Å²) in [5.41, 5.74) is 21.1. The van der Waals surface area contributed by atoms with Gasteiger partial charge in [0.1, 0.15) is 0 Å². The largest absolute Gasteiger partial charge is 0.310 e. The molecule has 0 fully saturated rings. The van der Waals surface area contributed by atoms with Gasteiger partial charge in [0.05, 0.1) is 5.69 Å². The Morgan fingerprint density at radius 1 is 0.245 bits per heavy atom. The molecule has 0 spiro atoms. The van der Waals surface area contributed by atoms with Gasteiger partial charge in [0.2, 0.25) is 0 Å². The van der Waals surface area contributed by atoms with E-state index in [1.807, 2.05) is 0 Å². The van der Waals surface area contributed by atoms with Gasteiger partial charge < -0.3 is 4.90 Å². The third-order valence-electron chi connectivity index (χ3n) is 10.2. The summed E-state index contributed by atoms with van der Waals surface area (Å²) in [7, 11) is 0. The molecule has 228 valence electrons. The lowest BCUT2D eigenvalue weighted by Crippen LogP contribution is -2.12. The Hall–Kier alpha value is -6.44. The first-order valence-electron chi connectivity index (χ1n) is 16.9. The Labute approximate surface area is 287 Å². The number of rotatable bonds is 5. The van der Waals surface area contributed by atoms with Crippen molar-refractivity contribution in [2.24, 2.45) is 0 Å². The molecule has 10 rings (SSSR count). The van der Waals surface area contributed by atoms with Gasteiger partial charge in [-0.1, -0.05) is 158 Å². The van der Waals surface area contributed by atoms with Crippen LogP contribution in [0.3, 0.4) is 0 Å². The van der Waals surface area contributed by atoms with Crippen LogP contribution in [0.15, 0.2) is 188 Å². The average Bonchev–Trinajstić information content (AvgIpc) is 3.28. The van der Waals surface area contributed by atoms with Crippen molar-refractivity contribution < 1.29 is 0 Å². The lowest BCUT2D eigenvalue weighted by Gasteiger charge is -2.30. The van der Waals surface area contributed by atoms with Crippen LogP contribution in [0.25, 0.3) is 77.9 Å². The molecular weight excluding hydrogens is 591 g/mol. The Balaban J connectivity index is 1.26. The fourth-order valence-electron chi connectivity index (χ4n) is 8.04. The molecule has 0 N–H and O–H groups in total. The molecule has 0 saturated carbocycles. The van der Waals surface area contributed by atoms with Crippen LogP contribution in [-0.2, 0) is 0 Å². The van der Waals surface area contributed by atoms with E-state index >= 15 is 0 Å². The van der Waals surface area contributed by atoms with E-state index in [1.165, 1.54) is 77.9 Å². The van der Waals surface area contributed by atoms with Crippen LogP contribution in [0.1, 0.15) is 0 Å². The zero-order valence-electron chi connectivity index (χ0n) is 26.8. The van der Waals surface area contributed by atoms with Gasteiger partial charge in [-0.25, -0.2) is 0 Å². The molecule has 49 heavy (non-hydrogen) atoms. The van der Waals surface area contributed by atoms with E-state index in [-0.39, 0.29) is 0 Å². The van der Waals surface area contributed by atoms with Gasteiger partial charge in [-0.2, -0.15) is 0 Å². The number of para-hydroxylation sites is 1. The van der Waals surface area contributed by atoms with Crippen molar-refractivity contribution >= 4 is 17.1 Å². The Morgan fingerprint density at radius 3 is 1.43 bits per heavy atom. The minimum atomic E-state index is 1.12. The number of hydrogen-bond acceptors (Lipinski definition) is 1. The fraction of sp³-hybridized carbons (Fsp3) is 0. The molecule has 0 unspecified atom stereocenters. The lowest BCUT2D eigenvalue weighted by molar-refractivity contribution is 1.28. The van der Waals surface area contributed by atoms with Crippen molar-refractivity contribution in [1.29, 1.82) is 0 Å². The summed E-state index contributed by atoms with van der Waals surface area (Å²) >= 11 is 0. The molecule has 2 aliphatic carbocycles. The third-order valence-corrected chi connectivity index (χ3v) is 10.2. The maximum Gasteiger partial charge on any atom is 0.0540 e. The lowest BCUT2D eigenvalue weighted by atomic mass is 9.83. The van der Waals surface area contributed by atoms with E-state index in [9.17, 15) is 0 Å². The molecule has 8 aromatic rings. The molecule has 2 aliphatic rings. The molecule has 1 heteroatoms. The van der Waals surface area contributed by atoms with Gasteiger partial charge in [-0.15, -0.1) is 0 Å². The van der Waals surface area contributed by atoms with Crippen molar-refractivity contribution in [1.82, 2.24) is 0 Å². The maximum absolute atomic E-state index is 2.44. The van der Waals surface area contributed by atoms with Gasteiger partial charge in [-0.05, 0) is 103 Å². The molecule has 0 radical (unpaired) electrons. The molecule has 0 atom stereocenters. The number of hydrogen-bond donors (Lipinski definition) is 0. The van der Waals surface area contributed by atoms with Crippen molar-refractivity contribution in [3.05, 3.63) is 188 Å². The number of nitrogens with zero attached hydrogens (tertiary/aromatic N) is 1. The monoisotopic (exact) mass is 621 g/mol. The van der Waals surface area contributed by atoms with Crippen molar-refractivity contribution in [3.63, 3.8) is 0 Å².